The van der Waals surface area contributed by atoms with Gasteiger partial charge in [0, 0.05) is 19.2 Å². The summed E-state index contributed by atoms with van der Waals surface area (Å²) in [6, 6.07) is 1.11. The van der Waals surface area contributed by atoms with Crippen LogP contribution in [0.3, 0.4) is 0 Å². The maximum absolute atomic E-state index is 13.7. The van der Waals surface area contributed by atoms with E-state index in [2.05, 4.69) is 0 Å². The number of nitrogen functional groups attached to an aromatic ring is 1. The molecular weight excluding hydrogens is 326 g/mol. The van der Waals surface area contributed by atoms with Gasteiger partial charge in [-0.3, -0.25) is 0 Å². The number of halogens is 2. The summed E-state index contributed by atoms with van der Waals surface area (Å²) in [4.78, 5) is -0.749. The molecule has 0 bridgehead atoms. The summed E-state index contributed by atoms with van der Waals surface area (Å²) < 4.78 is 75.4. The van der Waals surface area contributed by atoms with E-state index in [0.717, 1.165) is 4.31 Å². The predicted octanol–water partition coefficient (Wildman–Crippen LogP) is 0.356. The fraction of sp³-hybridized carbons (Fsp3) is 0.455. The van der Waals surface area contributed by atoms with Crippen LogP contribution in [0, 0.1) is 11.6 Å². The van der Waals surface area contributed by atoms with Crippen LogP contribution in [0.5, 0.6) is 0 Å². The van der Waals surface area contributed by atoms with E-state index in [9.17, 15) is 25.6 Å². The van der Waals surface area contributed by atoms with Crippen molar-refractivity contribution in [1.29, 1.82) is 0 Å². The molecule has 1 aliphatic rings. The van der Waals surface area contributed by atoms with Crippen LogP contribution in [0.4, 0.5) is 14.5 Å². The lowest BCUT2D eigenvalue weighted by molar-refractivity contribution is 0.429. The molecule has 10 heteroatoms. The first kappa shape index (κ1) is 16.1. The van der Waals surface area contributed by atoms with Crippen molar-refractivity contribution in [1.82, 2.24) is 4.31 Å². The highest BCUT2D eigenvalue weighted by Gasteiger charge is 2.31. The second-order valence-electron chi connectivity index (χ2n) is 4.71. The summed E-state index contributed by atoms with van der Waals surface area (Å²) in [5.74, 6) is -2.75. The lowest BCUT2D eigenvalue weighted by Crippen LogP contribution is -2.34. The lowest BCUT2D eigenvalue weighted by Gasteiger charge is -2.20. The normalized spacial score (nSPS) is 20.1. The summed E-state index contributed by atoms with van der Waals surface area (Å²) in [6.45, 7) is -0.306. The summed E-state index contributed by atoms with van der Waals surface area (Å²) in [5, 5.41) is 0. The fourth-order valence-corrected chi connectivity index (χ4v) is 4.99. The first-order valence-electron chi connectivity index (χ1n) is 6.08. The van der Waals surface area contributed by atoms with Gasteiger partial charge in [0.2, 0.25) is 10.0 Å². The molecule has 0 saturated carbocycles. The van der Waals surface area contributed by atoms with Crippen molar-refractivity contribution in [3.63, 3.8) is 0 Å². The van der Waals surface area contributed by atoms with E-state index in [4.69, 9.17) is 5.73 Å². The van der Waals surface area contributed by atoms with Crippen molar-refractivity contribution in [2.45, 2.75) is 11.3 Å². The van der Waals surface area contributed by atoms with E-state index in [-0.39, 0.29) is 31.0 Å². The van der Waals surface area contributed by atoms with Crippen molar-refractivity contribution in [2.75, 3.05) is 30.3 Å². The van der Waals surface area contributed by atoms with Gasteiger partial charge in [-0.1, -0.05) is 0 Å². The molecule has 118 valence electrons. The van der Waals surface area contributed by atoms with Crippen LogP contribution in [0.25, 0.3) is 0 Å². The first-order valence-corrected chi connectivity index (χ1v) is 9.35. The zero-order valence-corrected chi connectivity index (χ0v) is 12.6. The molecule has 21 heavy (non-hydrogen) atoms. The van der Waals surface area contributed by atoms with Gasteiger partial charge in [0.25, 0.3) is 0 Å². The Kier molecular flexibility index (Phi) is 4.22. The number of benzene rings is 1. The Balaban J connectivity index is 2.41. The van der Waals surface area contributed by atoms with Crippen LogP contribution < -0.4 is 5.73 Å². The summed E-state index contributed by atoms with van der Waals surface area (Å²) in [5.41, 5.74) is 4.78. The van der Waals surface area contributed by atoms with Crippen LogP contribution in [-0.2, 0) is 19.9 Å². The minimum atomic E-state index is -4.26. The van der Waals surface area contributed by atoms with Crippen molar-refractivity contribution in [2.24, 2.45) is 0 Å². The molecule has 1 aliphatic heterocycles. The number of nitrogens with zero attached hydrogens (tertiary/aromatic N) is 1. The molecule has 6 nitrogen and oxygen atoms in total. The van der Waals surface area contributed by atoms with E-state index in [1.54, 1.807) is 0 Å². The van der Waals surface area contributed by atoms with Gasteiger partial charge in [-0.05, 0) is 12.5 Å². The summed E-state index contributed by atoms with van der Waals surface area (Å²) in [7, 11) is -7.56. The van der Waals surface area contributed by atoms with E-state index in [1.165, 1.54) is 0 Å². The summed E-state index contributed by atoms with van der Waals surface area (Å²) in [6.07, 6.45) is 0.125. The quantitative estimate of drug-likeness (QED) is 0.784. The molecular formula is C11H14F2N2O4S2. The third-order valence-electron chi connectivity index (χ3n) is 3.18. The zero-order chi connectivity index (χ0) is 15.8. The number of nitrogens with two attached hydrogens (primary N) is 1. The fourth-order valence-electron chi connectivity index (χ4n) is 2.04. The maximum Gasteiger partial charge on any atom is 0.246 e. The van der Waals surface area contributed by atoms with Gasteiger partial charge in [0.1, 0.15) is 16.5 Å². The molecule has 0 unspecified atom stereocenters. The number of anilines is 1. The van der Waals surface area contributed by atoms with Gasteiger partial charge >= 0.3 is 0 Å². The van der Waals surface area contributed by atoms with Gasteiger partial charge in [0.15, 0.2) is 9.84 Å². The van der Waals surface area contributed by atoms with Gasteiger partial charge in [-0.2, -0.15) is 4.31 Å². The number of hydrogen-bond acceptors (Lipinski definition) is 5. The Bertz CT molecular complexity index is 763. The third-order valence-corrected chi connectivity index (χ3v) is 6.81. The van der Waals surface area contributed by atoms with Crippen LogP contribution in [-0.4, -0.2) is 45.7 Å². The Hall–Kier alpha value is -1.26. The van der Waals surface area contributed by atoms with Crippen molar-refractivity contribution in [3.8, 4) is 0 Å². The van der Waals surface area contributed by atoms with Gasteiger partial charge in [-0.15, -0.1) is 0 Å². The Morgan fingerprint density at radius 2 is 1.76 bits per heavy atom. The van der Waals surface area contributed by atoms with E-state index in [0.29, 0.717) is 12.1 Å². The van der Waals surface area contributed by atoms with Gasteiger partial charge < -0.3 is 5.73 Å². The number of sulfone groups is 1. The topological polar surface area (TPSA) is 97.5 Å². The first-order chi connectivity index (χ1) is 9.63. The van der Waals surface area contributed by atoms with Crippen molar-refractivity contribution < 1.29 is 25.6 Å². The van der Waals surface area contributed by atoms with Gasteiger partial charge in [-0.25, -0.2) is 25.6 Å². The molecule has 0 aliphatic carbocycles. The van der Waals surface area contributed by atoms with Crippen LogP contribution in [0.1, 0.15) is 6.42 Å². The Morgan fingerprint density at radius 3 is 2.43 bits per heavy atom. The van der Waals surface area contributed by atoms with Crippen molar-refractivity contribution in [3.05, 3.63) is 23.8 Å². The molecule has 1 fully saturated rings. The predicted molar refractivity (Wildman–Crippen MR) is 72.8 cm³/mol. The average Bonchev–Trinajstić information content (AvgIpc) is 2.55. The largest absolute Gasteiger partial charge is 0.396 e. The average molecular weight is 340 g/mol. The standard InChI is InChI=1S/C11H14F2N2O4S2/c12-8-6-9(13)11(7-10(8)14)21(18,19)15-2-1-4-20(16,17)5-3-15/h6-7H,1-5,14H2. The highest BCUT2D eigenvalue weighted by atomic mass is 32.2. The monoisotopic (exact) mass is 340 g/mol. The molecule has 0 spiro atoms. The highest BCUT2D eigenvalue weighted by molar-refractivity contribution is 7.91. The molecule has 1 aromatic rings. The lowest BCUT2D eigenvalue weighted by atomic mass is 10.3. The SMILES string of the molecule is Nc1cc(S(=O)(=O)N2CCCS(=O)(=O)CC2)c(F)cc1F. The molecule has 0 amide bonds. The second-order valence-corrected chi connectivity index (χ2v) is 8.92. The minimum Gasteiger partial charge on any atom is -0.396 e. The third kappa shape index (κ3) is 3.33. The molecule has 1 heterocycles. The van der Waals surface area contributed by atoms with Crippen LogP contribution in [0.15, 0.2) is 17.0 Å². The number of rotatable bonds is 2. The number of sulfonamides is 1. The van der Waals surface area contributed by atoms with E-state index >= 15 is 0 Å². The molecule has 1 saturated heterocycles. The van der Waals surface area contributed by atoms with Crippen molar-refractivity contribution >= 4 is 25.5 Å². The Labute approximate surface area is 121 Å². The molecule has 0 atom stereocenters. The molecule has 2 N–H and O–H groups in total. The second kappa shape index (κ2) is 5.50. The van der Waals surface area contributed by atoms with Crippen LogP contribution >= 0.6 is 0 Å². The smallest absolute Gasteiger partial charge is 0.246 e. The zero-order valence-electron chi connectivity index (χ0n) is 10.9. The molecule has 0 radical (unpaired) electrons. The Morgan fingerprint density at radius 1 is 1.10 bits per heavy atom. The van der Waals surface area contributed by atoms with E-state index < -0.39 is 42.1 Å². The van der Waals surface area contributed by atoms with E-state index in [1.807, 2.05) is 0 Å². The highest BCUT2D eigenvalue weighted by Crippen LogP contribution is 2.25. The number of hydrogen-bond donors (Lipinski definition) is 1. The maximum atomic E-state index is 13.7. The van der Waals surface area contributed by atoms with Gasteiger partial charge in [0.05, 0.1) is 17.2 Å². The molecule has 1 aromatic carbocycles. The molecule has 2 rings (SSSR count). The summed E-state index contributed by atoms with van der Waals surface area (Å²) >= 11 is 0. The molecule has 0 aromatic heterocycles. The van der Waals surface area contributed by atoms with Crippen LogP contribution in [0.2, 0.25) is 0 Å². The minimum absolute atomic E-state index is 0.0434.